The minimum atomic E-state index is -3.28. The van der Waals surface area contributed by atoms with Crippen LogP contribution in [0.15, 0.2) is 18.5 Å². The molecule has 1 fully saturated rings. The van der Waals surface area contributed by atoms with Gasteiger partial charge >= 0.3 is 0 Å². The van der Waals surface area contributed by atoms with Crippen LogP contribution in [0.2, 0.25) is 0 Å². The fourth-order valence-corrected chi connectivity index (χ4v) is 2.69. The lowest BCUT2D eigenvalue weighted by Crippen LogP contribution is -2.39. The van der Waals surface area contributed by atoms with Crippen molar-refractivity contribution in [2.45, 2.75) is 44.5 Å². The summed E-state index contributed by atoms with van der Waals surface area (Å²) < 4.78 is 26.8. The van der Waals surface area contributed by atoms with Crippen molar-refractivity contribution in [3.8, 4) is 0 Å². The number of hydrogen-bond donors (Lipinski definition) is 2. The summed E-state index contributed by atoms with van der Waals surface area (Å²) in [5.41, 5.74) is 1.95. The van der Waals surface area contributed by atoms with Crippen LogP contribution in [0.5, 0.6) is 0 Å². The zero-order valence-electron chi connectivity index (χ0n) is 11.4. The molecular weight excluding hydrogens is 262 g/mol. The number of hydrogen-bond acceptors (Lipinski definition) is 4. The monoisotopic (exact) mass is 283 g/mol. The van der Waals surface area contributed by atoms with Crippen molar-refractivity contribution < 1.29 is 8.42 Å². The quantitative estimate of drug-likeness (QED) is 0.781. The number of aryl methyl sites for hydroxylation is 1. The van der Waals surface area contributed by atoms with Gasteiger partial charge in [-0.05, 0) is 43.9 Å². The fourth-order valence-electron chi connectivity index (χ4n) is 1.73. The standard InChI is InChI=1S/C13H21N3O2S/c1-10-5-6-14-8-12(10)9-16-19(17,18)11(2)7-15-13-3-4-13/h5-6,8,11,13,15-16H,3-4,7,9H2,1-2H3. The Labute approximate surface area is 114 Å². The average Bonchev–Trinajstić information content (AvgIpc) is 3.19. The smallest absolute Gasteiger partial charge is 0.215 e. The Kier molecular flexibility index (Phi) is 4.54. The highest BCUT2D eigenvalue weighted by atomic mass is 32.2. The van der Waals surface area contributed by atoms with Gasteiger partial charge in [-0.25, -0.2) is 13.1 Å². The Hall–Kier alpha value is -0.980. The first kappa shape index (κ1) is 14.4. The number of pyridine rings is 1. The molecule has 2 rings (SSSR count). The van der Waals surface area contributed by atoms with Gasteiger partial charge in [0, 0.05) is 31.5 Å². The lowest BCUT2D eigenvalue weighted by atomic mass is 10.2. The van der Waals surface area contributed by atoms with Gasteiger partial charge in [0.2, 0.25) is 10.0 Å². The maximum Gasteiger partial charge on any atom is 0.215 e. The molecule has 0 bridgehead atoms. The van der Waals surface area contributed by atoms with Gasteiger partial charge in [0.15, 0.2) is 0 Å². The van der Waals surface area contributed by atoms with Crippen LogP contribution in [0, 0.1) is 6.92 Å². The third-order valence-corrected chi connectivity index (χ3v) is 5.19. The molecule has 1 atom stereocenters. The zero-order valence-corrected chi connectivity index (χ0v) is 12.2. The first-order valence-corrected chi connectivity index (χ1v) is 8.15. The van der Waals surface area contributed by atoms with Crippen molar-refractivity contribution in [1.29, 1.82) is 0 Å². The van der Waals surface area contributed by atoms with E-state index >= 15 is 0 Å². The molecule has 2 N–H and O–H groups in total. The second-order valence-corrected chi connectivity index (χ2v) is 7.34. The normalized spacial score (nSPS) is 17.4. The molecule has 106 valence electrons. The molecule has 0 amide bonds. The van der Waals surface area contributed by atoms with Crippen LogP contribution in [0.25, 0.3) is 0 Å². The van der Waals surface area contributed by atoms with E-state index in [1.807, 2.05) is 13.0 Å². The number of nitrogens with one attached hydrogen (secondary N) is 2. The van der Waals surface area contributed by atoms with Gasteiger partial charge in [-0.15, -0.1) is 0 Å². The summed E-state index contributed by atoms with van der Waals surface area (Å²) >= 11 is 0. The van der Waals surface area contributed by atoms with Crippen LogP contribution in [-0.2, 0) is 16.6 Å². The maximum absolute atomic E-state index is 12.1. The summed E-state index contributed by atoms with van der Waals surface area (Å²) in [7, 11) is -3.28. The summed E-state index contributed by atoms with van der Waals surface area (Å²) in [6.45, 7) is 4.49. The molecule has 19 heavy (non-hydrogen) atoms. The zero-order chi connectivity index (χ0) is 13.9. The van der Waals surface area contributed by atoms with Gasteiger partial charge in [-0.1, -0.05) is 0 Å². The minimum absolute atomic E-state index is 0.301. The lowest BCUT2D eigenvalue weighted by Gasteiger charge is -2.15. The van der Waals surface area contributed by atoms with Gasteiger partial charge < -0.3 is 5.32 Å². The van der Waals surface area contributed by atoms with Crippen molar-refractivity contribution in [1.82, 2.24) is 15.0 Å². The molecule has 0 saturated heterocycles. The molecule has 5 nitrogen and oxygen atoms in total. The second-order valence-electron chi connectivity index (χ2n) is 5.16. The molecule has 1 unspecified atom stereocenters. The molecule has 1 heterocycles. The van der Waals surface area contributed by atoms with Crippen molar-refractivity contribution >= 4 is 10.0 Å². The van der Waals surface area contributed by atoms with Gasteiger partial charge in [0.25, 0.3) is 0 Å². The van der Waals surface area contributed by atoms with E-state index in [1.165, 1.54) is 0 Å². The molecule has 0 spiro atoms. The molecule has 1 aromatic rings. The van der Waals surface area contributed by atoms with Crippen LogP contribution >= 0.6 is 0 Å². The van der Waals surface area contributed by atoms with Crippen molar-refractivity contribution in [2.75, 3.05) is 6.54 Å². The topological polar surface area (TPSA) is 71.1 Å². The largest absolute Gasteiger partial charge is 0.313 e. The van der Waals surface area contributed by atoms with E-state index < -0.39 is 15.3 Å². The highest BCUT2D eigenvalue weighted by molar-refractivity contribution is 7.90. The Bertz CT molecular complexity index is 526. The van der Waals surface area contributed by atoms with Crippen LogP contribution in [-0.4, -0.2) is 31.2 Å². The molecule has 0 aliphatic heterocycles. The summed E-state index contributed by atoms with van der Waals surface area (Å²) in [6, 6.07) is 2.40. The number of nitrogens with zero attached hydrogens (tertiary/aromatic N) is 1. The van der Waals surface area contributed by atoms with Crippen molar-refractivity contribution in [3.05, 3.63) is 29.6 Å². The van der Waals surface area contributed by atoms with Crippen molar-refractivity contribution in [2.24, 2.45) is 0 Å². The number of aromatic nitrogens is 1. The lowest BCUT2D eigenvalue weighted by molar-refractivity contribution is 0.556. The number of sulfonamides is 1. The molecule has 1 aromatic heterocycles. The van der Waals surface area contributed by atoms with Gasteiger partial charge in [0.05, 0.1) is 5.25 Å². The fraction of sp³-hybridized carbons (Fsp3) is 0.615. The Morgan fingerprint density at radius 1 is 1.47 bits per heavy atom. The Morgan fingerprint density at radius 2 is 2.21 bits per heavy atom. The Morgan fingerprint density at radius 3 is 2.84 bits per heavy atom. The molecule has 0 radical (unpaired) electrons. The SMILES string of the molecule is Cc1ccncc1CNS(=O)(=O)C(C)CNC1CC1. The molecule has 1 aliphatic carbocycles. The summed E-state index contributed by atoms with van der Waals surface area (Å²) in [5, 5.41) is 2.81. The van der Waals surface area contributed by atoms with E-state index in [0.29, 0.717) is 19.1 Å². The predicted octanol–water partition coefficient (Wildman–Crippen LogP) is 0.950. The van der Waals surface area contributed by atoms with Gasteiger partial charge in [-0.2, -0.15) is 0 Å². The maximum atomic E-state index is 12.1. The summed E-state index contributed by atoms with van der Waals surface area (Å²) in [4.78, 5) is 4.01. The first-order valence-electron chi connectivity index (χ1n) is 6.60. The van der Waals surface area contributed by atoms with Crippen LogP contribution < -0.4 is 10.0 Å². The Balaban J connectivity index is 1.87. The molecule has 1 saturated carbocycles. The predicted molar refractivity (Wildman–Crippen MR) is 75.2 cm³/mol. The van der Waals surface area contributed by atoms with E-state index in [4.69, 9.17) is 0 Å². The highest BCUT2D eigenvalue weighted by Crippen LogP contribution is 2.18. The first-order chi connectivity index (χ1) is 8.99. The van der Waals surface area contributed by atoms with Gasteiger partial charge in [0.1, 0.15) is 0 Å². The third-order valence-electron chi connectivity index (χ3n) is 3.41. The highest BCUT2D eigenvalue weighted by Gasteiger charge is 2.25. The van der Waals surface area contributed by atoms with E-state index in [-0.39, 0.29) is 0 Å². The molecule has 6 heteroatoms. The third kappa shape index (κ3) is 4.26. The van der Waals surface area contributed by atoms with E-state index in [2.05, 4.69) is 15.0 Å². The summed E-state index contributed by atoms with van der Waals surface area (Å²) in [5.74, 6) is 0. The average molecular weight is 283 g/mol. The van der Waals surface area contributed by atoms with E-state index in [9.17, 15) is 8.42 Å². The number of rotatable bonds is 7. The molecule has 1 aliphatic rings. The van der Waals surface area contributed by atoms with E-state index in [1.54, 1.807) is 19.3 Å². The molecule has 0 aromatic carbocycles. The second kappa shape index (κ2) is 5.98. The van der Waals surface area contributed by atoms with E-state index in [0.717, 1.165) is 24.0 Å². The minimum Gasteiger partial charge on any atom is -0.313 e. The van der Waals surface area contributed by atoms with Gasteiger partial charge in [-0.3, -0.25) is 4.98 Å². The van der Waals surface area contributed by atoms with Crippen LogP contribution in [0.4, 0.5) is 0 Å². The summed E-state index contributed by atoms with van der Waals surface area (Å²) in [6.07, 6.45) is 5.73. The molecular formula is C13H21N3O2S. The van der Waals surface area contributed by atoms with Crippen LogP contribution in [0.3, 0.4) is 0 Å². The van der Waals surface area contributed by atoms with Crippen LogP contribution in [0.1, 0.15) is 30.9 Å². The van der Waals surface area contributed by atoms with Crippen molar-refractivity contribution in [3.63, 3.8) is 0 Å².